The fourth-order valence-electron chi connectivity index (χ4n) is 2.50. The van der Waals surface area contributed by atoms with Crippen LogP contribution in [0.25, 0.3) is 0 Å². The number of hydrogen-bond acceptors (Lipinski definition) is 4. The topological polar surface area (TPSA) is 28.2 Å². The monoisotopic (exact) mass is 291 g/mol. The average molecular weight is 291 g/mol. The smallest absolute Gasteiger partial charge is 0.129 e. The maximum absolute atomic E-state index is 4.89. The van der Waals surface area contributed by atoms with Crippen LogP contribution in [0.5, 0.6) is 0 Å². The number of hydrogen-bond donors (Lipinski definition) is 1. The third kappa shape index (κ3) is 3.67. The van der Waals surface area contributed by atoms with Crippen LogP contribution in [0.1, 0.15) is 43.9 Å². The second-order valence-electron chi connectivity index (χ2n) is 6.17. The summed E-state index contributed by atoms with van der Waals surface area (Å²) < 4.78 is 0. The molecule has 0 spiro atoms. The average Bonchev–Trinajstić information content (AvgIpc) is 3.30. The van der Waals surface area contributed by atoms with E-state index in [9.17, 15) is 0 Å². The molecule has 4 heteroatoms. The highest BCUT2D eigenvalue weighted by Gasteiger charge is 2.21. The van der Waals surface area contributed by atoms with E-state index in [0.717, 1.165) is 25.7 Å². The normalized spacial score (nSPS) is 19.6. The predicted octanol–water partition coefficient (Wildman–Crippen LogP) is 3.01. The largest absolute Gasteiger partial charge is 0.355 e. The van der Waals surface area contributed by atoms with Crippen LogP contribution in [0.15, 0.2) is 12.1 Å². The standard InChI is InChI=1S/C16H25N3S/c1-12(2)15-9-13(11-17-14-3-4-14)10-16(18-15)19-5-7-20-8-6-19/h9-10,12,14,17H,3-8,11H2,1-2H3. The number of rotatable bonds is 5. The van der Waals surface area contributed by atoms with Gasteiger partial charge in [-0.2, -0.15) is 11.8 Å². The van der Waals surface area contributed by atoms with Gasteiger partial charge < -0.3 is 10.2 Å². The van der Waals surface area contributed by atoms with Crippen molar-refractivity contribution in [1.29, 1.82) is 0 Å². The van der Waals surface area contributed by atoms with E-state index in [1.54, 1.807) is 0 Å². The molecule has 1 saturated heterocycles. The fourth-order valence-corrected chi connectivity index (χ4v) is 3.40. The van der Waals surface area contributed by atoms with Gasteiger partial charge in [0.2, 0.25) is 0 Å². The molecule has 0 amide bonds. The minimum atomic E-state index is 0.494. The Labute approximate surface area is 126 Å². The van der Waals surface area contributed by atoms with E-state index in [2.05, 4.69) is 36.2 Å². The SMILES string of the molecule is CC(C)c1cc(CNC2CC2)cc(N2CCSCC2)n1. The first-order valence-corrected chi connectivity index (χ1v) is 8.95. The van der Waals surface area contributed by atoms with E-state index in [4.69, 9.17) is 4.98 Å². The lowest BCUT2D eigenvalue weighted by atomic mass is 10.1. The highest BCUT2D eigenvalue weighted by Crippen LogP contribution is 2.24. The second-order valence-corrected chi connectivity index (χ2v) is 7.39. The molecule has 0 atom stereocenters. The summed E-state index contributed by atoms with van der Waals surface area (Å²) in [5, 5.41) is 3.62. The van der Waals surface area contributed by atoms with Crippen LogP contribution in [0.3, 0.4) is 0 Å². The Balaban J connectivity index is 1.78. The van der Waals surface area contributed by atoms with E-state index < -0.39 is 0 Å². The van der Waals surface area contributed by atoms with E-state index in [-0.39, 0.29) is 0 Å². The summed E-state index contributed by atoms with van der Waals surface area (Å²) in [6.45, 7) is 7.72. The zero-order chi connectivity index (χ0) is 13.9. The summed E-state index contributed by atoms with van der Waals surface area (Å²) in [6, 6.07) is 5.33. The van der Waals surface area contributed by atoms with Crippen molar-refractivity contribution < 1.29 is 0 Å². The van der Waals surface area contributed by atoms with Crippen molar-refractivity contribution in [2.75, 3.05) is 29.5 Å². The third-order valence-corrected chi connectivity index (χ3v) is 4.93. The molecule has 2 heterocycles. The van der Waals surface area contributed by atoms with E-state index in [1.165, 1.54) is 41.4 Å². The fraction of sp³-hybridized carbons (Fsp3) is 0.688. The Bertz CT molecular complexity index is 451. The molecule has 1 aromatic rings. The lowest BCUT2D eigenvalue weighted by molar-refractivity contribution is 0.682. The summed E-state index contributed by atoms with van der Waals surface area (Å²) in [5.41, 5.74) is 2.62. The van der Waals surface area contributed by atoms with Crippen LogP contribution in [0.2, 0.25) is 0 Å². The molecule has 0 unspecified atom stereocenters. The van der Waals surface area contributed by atoms with Crippen molar-refractivity contribution in [3.63, 3.8) is 0 Å². The molecule has 20 heavy (non-hydrogen) atoms. The summed E-state index contributed by atoms with van der Waals surface area (Å²) in [5.74, 6) is 4.13. The maximum Gasteiger partial charge on any atom is 0.129 e. The minimum Gasteiger partial charge on any atom is -0.355 e. The van der Waals surface area contributed by atoms with E-state index in [1.807, 2.05) is 11.8 Å². The summed E-state index contributed by atoms with van der Waals surface area (Å²) >= 11 is 2.05. The van der Waals surface area contributed by atoms with Gasteiger partial charge in [-0.25, -0.2) is 4.98 Å². The molecule has 0 bridgehead atoms. The zero-order valence-electron chi connectivity index (χ0n) is 12.6. The third-order valence-electron chi connectivity index (χ3n) is 3.99. The molecule has 3 nitrogen and oxygen atoms in total. The van der Waals surface area contributed by atoms with Crippen molar-refractivity contribution in [1.82, 2.24) is 10.3 Å². The van der Waals surface area contributed by atoms with Crippen LogP contribution in [0.4, 0.5) is 5.82 Å². The predicted molar refractivity (Wildman–Crippen MR) is 87.7 cm³/mol. The van der Waals surface area contributed by atoms with E-state index >= 15 is 0 Å². The van der Waals surface area contributed by atoms with Crippen LogP contribution < -0.4 is 10.2 Å². The summed E-state index contributed by atoms with van der Waals surface area (Å²) in [7, 11) is 0. The molecule has 110 valence electrons. The summed E-state index contributed by atoms with van der Waals surface area (Å²) in [6.07, 6.45) is 2.69. The van der Waals surface area contributed by atoms with Crippen LogP contribution in [-0.2, 0) is 6.54 Å². The molecule has 1 aliphatic carbocycles. The molecular formula is C16H25N3S. The van der Waals surface area contributed by atoms with Crippen LogP contribution >= 0.6 is 11.8 Å². The van der Waals surface area contributed by atoms with Crippen LogP contribution in [-0.4, -0.2) is 35.6 Å². The highest BCUT2D eigenvalue weighted by atomic mass is 32.2. The van der Waals surface area contributed by atoms with Gasteiger partial charge in [-0.05, 0) is 36.5 Å². The molecule has 0 radical (unpaired) electrons. The first-order chi connectivity index (χ1) is 9.72. The van der Waals surface area contributed by atoms with Gasteiger partial charge in [0.25, 0.3) is 0 Å². The molecular weight excluding hydrogens is 266 g/mol. The number of nitrogens with one attached hydrogen (secondary N) is 1. The minimum absolute atomic E-state index is 0.494. The number of thioether (sulfide) groups is 1. The number of nitrogens with zero attached hydrogens (tertiary/aromatic N) is 2. The molecule has 1 aliphatic heterocycles. The lowest BCUT2D eigenvalue weighted by Crippen LogP contribution is -2.33. The van der Waals surface area contributed by atoms with Crippen molar-refractivity contribution in [2.24, 2.45) is 0 Å². The van der Waals surface area contributed by atoms with Crippen molar-refractivity contribution in [3.8, 4) is 0 Å². The molecule has 2 fully saturated rings. The number of pyridine rings is 1. The highest BCUT2D eigenvalue weighted by molar-refractivity contribution is 7.99. The van der Waals surface area contributed by atoms with Gasteiger partial charge in [0.1, 0.15) is 5.82 Å². The molecule has 3 rings (SSSR count). The first-order valence-electron chi connectivity index (χ1n) is 7.79. The van der Waals surface area contributed by atoms with Crippen molar-refractivity contribution in [2.45, 2.75) is 45.2 Å². The molecule has 0 aromatic carbocycles. The molecule has 1 aromatic heterocycles. The molecule has 2 aliphatic rings. The van der Waals surface area contributed by atoms with Gasteiger partial charge in [0.15, 0.2) is 0 Å². The Morgan fingerprint density at radius 1 is 1.30 bits per heavy atom. The molecule has 1 N–H and O–H groups in total. The van der Waals surface area contributed by atoms with Crippen molar-refractivity contribution >= 4 is 17.6 Å². The van der Waals surface area contributed by atoms with Gasteiger partial charge in [0.05, 0.1) is 0 Å². The van der Waals surface area contributed by atoms with Gasteiger partial charge in [0, 0.05) is 42.9 Å². The number of aromatic nitrogens is 1. The van der Waals surface area contributed by atoms with E-state index in [0.29, 0.717) is 5.92 Å². The Morgan fingerprint density at radius 2 is 2.05 bits per heavy atom. The lowest BCUT2D eigenvalue weighted by Gasteiger charge is -2.28. The maximum atomic E-state index is 4.89. The molecule has 1 saturated carbocycles. The van der Waals surface area contributed by atoms with Gasteiger partial charge in [-0.15, -0.1) is 0 Å². The van der Waals surface area contributed by atoms with Gasteiger partial charge in [-0.1, -0.05) is 13.8 Å². The number of anilines is 1. The Kier molecular flexibility index (Phi) is 4.51. The van der Waals surface area contributed by atoms with Crippen molar-refractivity contribution in [3.05, 3.63) is 23.4 Å². The first kappa shape index (κ1) is 14.2. The Morgan fingerprint density at radius 3 is 2.70 bits per heavy atom. The van der Waals surface area contributed by atoms with Gasteiger partial charge >= 0.3 is 0 Å². The van der Waals surface area contributed by atoms with Gasteiger partial charge in [-0.3, -0.25) is 0 Å². The Hall–Kier alpha value is -0.740. The zero-order valence-corrected chi connectivity index (χ0v) is 13.4. The van der Waals surface area contributed by atoms with Crippen LogP contribution in [0, 0.1) is 0 Å². The summed E-state index contributed by atoms with van der Waals surface area (Å²) in [4.78, 5) is 7.34. The second kappa shape index (κ2) is 6.35. The quantitative estimate of drug-likeness (QED) is 0.902.